The molecule has 4 atom stereocenters. The highest BCUT2D eigenvalue weighted by Crippen LogP contribution is 2.50. The second-order valence-corrected chi connectivity index (χ2v) is 7.10. The molecular weight excluding hydrogens is 293 g/mol. The van der Waals surface area contributed by atoms with E-state index in [4.69, 9.17) is 27.9 Å². The van der Waals surface area contributed by atoms with Crippen LogP contribution in [-0.2, 0) is 10.3 Å². The van der Waals surface area contributed by atoms with Gasteiger partial charge < -0.3 is 15.2 Å². The van der Waals surface area contributed by atoms with E-state index in [0.29, 0.717) is 4.34 Å². The maximum Gasteiger partial charge on any atom is 0.122 e. The lowest BCUT2D eigenvalue weighted by Crippen LogP contribution is -2.57. The number of ether oxygens (including phenoxy) is 1. The van der Waals surface area contributed by atoms with Gasteiger partial charge in [0.25, 0.3) is 0 Å². The summed E-state index contributed by atoms with van der Waals surface area (Å²) in [5, 5.41) is 13.2. The third kappa shape index (κ3) is 1.82. The number of nitrogens with one attached hydrogen (secondary N) is 1. The Morgan fingerprint density at radius 1 is 1.61 bits per heavy atom. The van der Waals surface area contributed by atoms with Gasteiger partial charge in [-0.1, -0.05) is 11.6 Å². The van der Waals surface area contributed by atoms with Crippen molar-refractivity contribution in [1.82, 2.24) is 5.32 Å². The lowest BCUT2D eigenvalue weighted by atomic mass is 9.82. The van der Waals surface area contributed by atoms with Crippen molar-refractivity contribution in [2.75, 3.05) is 13.2 Å². The second kappa shape index (κ2) is 4.62. The number of halogens is 2. The molecular formula is C12H15Cl2NO2S. The fourth-order valence-corrected chi connectivity index (χ4v) is 4.79. The van der Waals surface area contributed by atoms with Crippen molar-refractivity contribution in [1.29, 1.82) is 0 Å². The van der Waals surface area contributed by atoms with Gasteiger partial charge in [-0.25, -0.2) is 0 Å². The van der Waals surface area contributed by atoms with Crippen LogP contribution in [0.1, 0.15) is 29.9 Å². The number of rotatable bonds is 0. The van der Waals surface area contributed by atoms with Gasteiger partial charge in [0.15, 0.2) is 0 Å². The molecule has 3 rings (SSSR count). The summed E-state index contributed by atoms with van der Waals surface area (Å²) in [5.41, 5.74) is 0.384. The van der Waals surface area contributed by atoms with Gasteiger partial charge in [0.2, 0.25) is 0 Å². The molecule has 18 heavy (non-hydrogen) atoms. The summed E-state index contributed by atoms with van der Waals surface area (Å²) in [5.74, 6) is 0. The van der Waals surface area contributed by atoms with Gasteiger partial charge in [-0.15, -0.1) is 22.9 Å². The zero-order chi connectivity index (χ0) is 12.9. The van der Waals surface area contributed by atoms with Crippen LogP contribution in [0.4, 0.5) is 0 Å². The van der Waals surface area contributed by atoms with Crippen molar-refractivity contribution in [2.24, 2.45) is 0 Å². The van der Waals surface area contributed by atoms with Crippen molar-refractivity contribution in [3.63, 3.8) is 0 Å². The number of aliphatic hydroxyl groups excluding tert-OH is 1. The molecule has 1 spiro atoms. The SMILES string of the molecule is C[C@@H]1NCC[C@]2(OCC(O)c3cc(Cl)sc32)C1Cl. The normalized spacial score (nSPS) is 39.9. The van der Waals surface area contributed by atoms with Crippen molar-refractivity contribution < 1.29 is 9.84 Å². The fourth-order valence-electron chi connectivity index (χ4n) is 2.86. The Balaban J connectivity index is 2.10. The first-order chi connectivity index (χ1) is 8.54. The van der Waals surface area contributed by atoms with E-state index in [1.807, 2.05) is 6.07 Å². The first-order valence-corrected chi connectivity index (χ1v) is 7.67. The maximum atomic E-state index is 10.0. The van der Waals surface area contributed by atoms with Crippen LogP contribution in [0.3, 0.4) is 0 Å². The molecule has 100 valence electrons. The van der Waals surface area contributed by atoms with E-state index >= 15 is 0 Å². The molecule has 2 unspecified atom stereocenters. The van der Waals surface area contributed by atoms with E-state index in [9.17, 15) is 5.11 Å². The van der Waals surface area contributed by atoms with Gasteiger partial charge in [0.05, 0.1) is 16.3 Å². The van der Waals surface area contributed by atoms with Gasteiger partial charge in [0.1, 0.15) is 11.7 Å². The van der Waals surface area contributed by atoms with Crippen LogP contribution in [0, 0.1) is 0 Å². The smallest absolute Gasteiger partial charge is 0.122 e. The average molecular weight is 308 g/mol. The lowest BCUT2D eigenvalue weighted by molar-refractivity contribution is -0.118. The van der Waals surface area contributed by atoms with Gasteiger partial charge in [-0.3, -0.25) is 0 Å². The monoisotopic (exact) mass is 307 g/mol. The molecule has 3 heterocycles. The molecule has 0 amide bonds. The minimum Gasteiger partial charge on any atom is -0.386 e. The molecule has 1 aromatic rings. The number of hydrogen-bond donors (Lipinski definition) is 2. The number of hydrogen-bond acceptors (Lipinski definition) is 4. The molecule has 2 aliphatic heterocycles. The van der Waals surface area contributed by atoms with Crippen molar-refractivity contribution in [2.45, 2.75) is 36.5 Å². The van der Waals surface area contributed by atoms with E-state index in [1.165, 1.54) is 11.3 Å². The highest BCUT2D eigenvalue weighted by Gasteiger charge is 2.51. The van der Waals surface area contributed by atoms with Gasteiger partial charge in [-0.2, -0.15) is 0 Å². The summed E-state index contributed by atoms with van der Waals surface area (Å²) in [6, 6.07) is 2.01. The van der Waals surface area contributed by atoms with Crippen molar-refractivity contribution in [3.8, 4) is 0 Å². The Hall–Kier alpha value is 0.160. The molecule has 0 saturated carbocycles. The quantitative estimate of drug-likeness (QED) is 0.724. The van der Waals surface area contributed by atoms with E-state index in [2.05, 4.69) is 12.2 Å². The van der Waals surface area contributed by atoms with Crippen LogP contribution in [0.2, 0.25) is 4.34 Å². The van der Waals surface area contributed by atoms with Crippen LogP contribution >= 0.6 is 34.5 Å². The largest absolute Gasteiger partial charge is 0.386 e. The summed E-state index contributed by atoms with van der Waals surface area (Å²) < 4.78 is 6.65. The standard InChI is InChI=1S/C12H15Cl2NO2S/c1-6-10(14)12(2-3-15-6)11-7(4-9(13)18-11)8(16)5-17-12/h4,6,8,10,15-16H,2-3,5H2,1H3/t6-,8?,10?,12-/m0/s1. The number of piperidine rings is 1. The average Bonchev–Trinajstić information content (AvgIpc) is 2.73. The zero-order valence-electron chi connectivity index (χ0n) is 9.95. The minimum absolute atomic E-state index is 0.160. The maximum absolute atomic E-state index is 10.0. The molecule has 3 nitrogen and oxygen atoms in total. The minimum atomic E-state index is -0.594. The number of fused-ring (bicyclic) bond motifs is 2. The molecule has 1 aromatic heterocycles. The summed E-state index contributed by atoms with van der Waals surface area (Å²) in [6.07, 6.45) is 0.214. The van der Waals surface area contributed by atoms with Crippen LogP contribution < -0.4 is 5.32 Å². The molecule has 1 fully saturated rings. The molecule has 0 bridgehead atoms. The van der Waals surface area contributed by atoms with E-state index in [-0.39, 0.29) is 18.0 Å². The highest BCUT2D eigenvalue weighted by molar-refractivity contribution is 7.16. The predicted octanol–water partition coefficient (Wildman–Crippen LogP) is 2.65. The Morgan fingerprint density at radius 2 is 2.39 bits per heavy atom. The van der Waals surface area contributed by atoms with E-state index in [1.54, 1.807) is 0 Å². The third-order valence-corrected chi connectivity index (χ3v) is 5.99. The number of aliphatic hydroxyl groups is 1. The van der Waals surface area contributed by atoms with Crippen LogP contribution in [-0.4, -0.2) is 29.7 Å². The lowest BCUT2D eigenvalue weighted by Gasteiger charge is -2.47. The molecule has 6 heteroatoms. The highest BCUT2D eigenvalue weighted by atomic mass is 35.5. The Labute approximate surface area is 120 Å². The molecule has 1 saturated heterocycles. The molecule has 2 aliphatic rings. The summed E-state index contributed by atoms with van der Waals surface area (Å²) in [4.78, 5) is 1.000. The fraction of sp³-hybridized carbons (Fsp3) is 0.667. The first-order valence-electron chi connectivity index (χ1n) is 6.04. The molecule has 0 aromatic carbocycles. The summed E-state index contributed by atoms with van der Waals surface area (Å²) in [7, 11) is 0. The molecule has 0 aliphatic carbocycles. The van der Waals surface area contributed by atoms with E-state index in [0.717, 1.165) is 23.4 Å². The van der Waals surface area contributed by atoms with Crippen LogP contribution in [0.15, 0.2) is 6.07 Å². The van der Waals surface area contributed by atoms with Gasteiger partial charge in [0, 0.05) is 16.5 Å². The van der Waals surface area contributed by atoms with Crippen LogP contribution in [0.25, 0.3) is 0 Å². The Morgan fingerprint density at radius 3 is 3.17 bits per heavy atom. The topological polar surface area (TPSA) is 41.5 Å². The Bertz CT molecular complexity index is 467. The number of thiophene rings is 1. The van der Waals surface area contributed by atoms with Crippen LogP contribution in [0.5, 0.6) is 0 Å². The van der Waals surface area contributed by atoms with Gasteiger partial charge in [-0.05, 0) is 26.0 Å². The molecule has 2 N–H and O–H groups in total. The number of alkyl halides is 1. The van der Waals surface area contributed by atoms with Crippen molar-refractivity contribution >= 4 is 34.5 Å². The zero-order valence-corrected chi connectivity index (χ0v) is 12.3. The first kappa shape index (κ1) is 13.2. The molecule has 0 radical (unpaired) electrons. The Kier molecular flexibility index (Phi) is 3.37. The van der Waals surface area contributed by atoms with Gasteiger partial charge >= 0.3 is 0 Å². The van der Waals surface area contributed by atoms with Crippen molar-refractivity contribution in [3.05, 3.63) is 20.8 Å². The summed E-state index contributed by atoms with van der Waals surface area (Å²) >= 11 is 14.2. The second-order valence-electron chi connectivity index (χ2n) is 4.95. The summed E-state index contributed by atoms with van der Waals surface area (Å²) in [6.45, 7) is 3.20. The predicted molar refractivity (Wildman–Crippen MR) is 73.6 cm³/mol. The van der Waals surface area contributed by atoms with E-state index < -0.39 is 11.7 Å². The third-order valence-electron chi connectivity index (χ3n) is 3.82.